The van der Waals surface area contributed by atoms with Crippen LogP contribution in [-0.4, -0.2) is 43.7 Å². The fraction of sp³-hybridized carbons (Fsp3) is 0.667. The Morgan fingerprint density at radius 2 is 1.71 bits per heavy atom. The zero-order valence-corrected chi connectivity index (χ0v) is 13.5. The van der Waals surface area contributed by atoms with Gasteiger partial charge in [0.15, 0.2) is 0 Å². The summed E-state index contributed by atoms with van der Waals surface area (Å²) in [5, 5.41) is 3.58. The average molecular weight is 287 g/mol. The molecule has 1 aromatic carbocycles. The lowest BCUT2D eigenvalue weighted by Gasteiger charge is -2.36. The van der Waals surface area contributed by atoms with Crippen molar-refractivity contribution >= 4 is 5.69 Å². The summed E-state index contributed by atoms with van der Waals surface area (Å²) < 4.78 is 0. The van der Waals surface area contributed by atoms with E-state index < -0.39 is 0 Å². The molecule has 0 spiro atoms. The van der Waals surface area contributed by atoms with Gasteiger partial charge in [0.05, 0.1) is 0 Å². The smallest absolute Gasteiger partial charge is 0.0367 e. The summed E-state index contributed by atoms with van der Waals surface area (Å²) in [6.07, 6.45) is 2.72. The van der Waals surface area contributed by atoms with Gasteiger partial charge in [0.1, 0.15) is 0 Å². The van der Waals surface area contributed by atoms with Gasteiger partial charge in [0, 0.05) is 51.0 Å². The van der Waals surface area contributed by atoms with Gasteiger partial charge in [0.2, 0.25) is 0 Å². The molecule has 1 heterocycles. The molecule has 0 aromatic heterocycles. The lowest BCUT2D eigenvalue weighted by atomic mass is 10.1. The van der Waals surface area contributed by atoms with Crippen molar-refractivity contribution in [3.8, 4) is 0 Å². The first-order valence-corrected chi connectivity index (χ1v) is 8.50. The Morgan fingerprint density at radius 3 is 2.29 bits per heavy atom. The summed E-state index contributed by atoms with van der Waals surface area (Å²) >= 11 is 0. The molecule has 2 aliphatic rings. The summed E-state index contributed by atoms with van der Waals surface area (Å²) in [5.74, 6) is 0.773. The van der Waals surface area contributed by atoms with Crippen molar-refractivity contribution in [2.75, 3.05) is 37.6 Å². The highest BCUT2D eigenvalue weighted by Gasteiger charge is 2.20. The van der Waals surface area contributed by atoms with Crippen molar-refractivity contribution in [2.45, 2.75) is 39.3 Å². The molecule has 2 fully saturated rings. The van der Waals surface area contributed by atoms with E-state index in [9.17, 15) is 0 Å². The number of hydrogen-bond acceptors (Lipinski definition) is 3. The molecule has 1 aliphatic heterocycles. The van der Waals surface area contributed by atoms with Crippen LogP contribution in [0.5, 0.6) is 0 Å². The lowest BCUT2D eigenvalue weighted by Crippen LogP contribution is -2.47. The third-order valence-corrected chi connectivity index (χ3v) is 4.47. The lowest BCUT2D eigenvalue weighted by molar-refractivity contribution is 0.231. The first-order valence-electron chi connectivity index (χ1n) is 8.50. The predicted octanol–water partition coefficient (Wildman–Crippen LogP) is 2.72. The summed E-state index contributed by atoms with van der Waals surface area (Å²) in [4.78, 5) is 5.12. The number of hydrogen-bond donors (Lipinski definition) is 1. The third kappa shape index (κ3) is 4.45. The SMILES string of the molecule is CC(C)CN1CCN(c2ccc(CNC3CC3)cc2)CC1. The van der Waals surface area contributed by atoms with Crippen LogP contribution in [0.2, 0.25) is 0 Å². The van der Waals surface area contributed by atoms with Gasteiger partial charge in [-0.05, 0) is 36.5 Å². The zero-order chi connectivity index (χ0) is 14.7. The highest BCUT2D eigenvalue weighted by molar-refractivity contribution is 5.48. The zero-order valence-electron chi connectivity index (χ0n) is 13.5. The number of benzene rings is 1. The number of nitrogens with zero attached hydrogens (tertiary/aromatic N) is 2. The molecule has 1 saturated carbocycles. The maximum Gasteiger partial charge on any atom is 0.0367 e. The van der Waals surface area contributed by atoms with Crippen LogP contribution in [-0.2, 0) is 6.54 Å². The monoisotopic (exact) mass is 287 g/mol. The molecule has 1 aliphatic carbocycles. The fourth-order valence-electron chi connectivity index (χ4n) is 3.08. The third-order valence-electron chi connectivity index (χ3n) is 4.47. The molecule has 21 heavy (non-hydrogen) atoms. The van der Waals surface area contributed by atoms with Crippen molar-refractivity contribution in [1.29, 1.82) is 0 Å². The fourth-order valence-corrected chi connectivity index (χ4v) is 3.08. The minimum Gasteiger partial charge on any atom is -0.369 e. The molecule has 0 radical (unpaired) electrons. The van der Waals surface area contributed by atoms with Crippen LogP contribution < -0.4 is 10.2 Å². The highest BCUT2D eigenvalue weighted by Crippen LogP contribution is 2.21. The molecule has 1 saturated heterocycles. The van der Waals surface area contributed by atoms with E-state index in [-0.39, 0.29) is 0 Å². The second-order valence-corrected chi connectivity index (χ2v) is 7.00. The predicted molar refractivity (Wildman–Crippen MR) is 89.8 cm³/mol. The Kier molecular flexibility index (Phi) is 4.81. The number of nitrogens with one attached hydrogen (secondary N) is 1. The van der Waals surface area contributed by atoms with Crippen molar-refractivity contribution in [3.63, 3.8) is 0 Å². The topological polar surface area (TPSA) is 18.5 Å². The summed E-state index contributed by atoms with van der Waals surface area (Å²) in [5.41, 5.74) is 2.79. The van der Waals surface area contributed by atoms with Gasteiger partial charge in [-0.25, -0.2) is 0 Å². The van der Waals surface area contributed by atoms with Crippen LogP contribution >= 0.6 is 0 Å². The Balaban J connectivity index is 1.48. The van der Waals surface area contributed by atoms with Crippen LogP contribution in [0.15, 0.2) is 24.3 Å². The first-order chi connectivity index (χ1) is 10.2. The Labute approximate surface area is 129 Å². The van der Waals surface area contributed by atoms with Gasteiger partial charge in [-0.3, -0.25) is 4.90 Å². The second kappa shape index (κ2) is 6.80. The molecular weight excluding hydrogens is 258 g/mol. The van der Waals surface area contributed by atoms with Crippen molar-refractivity contribution in [1.82, 2.24) is 10.2 Å². The maximum atomic E-state index is 3.58. The molecule has 1 N–H and O–H groups in total. The minimum absolute atomic E-state index is 0.773. The normalized spacial score (nSPS) is 20.2. The van der Waals surface area contributed by atoms with E-state index in [0.717, 1.165) is 31.6 Å². The quantitative estimate of drug-likeness (QED) is 0.868. The van der Waals surface area contributed by atoms with Gasteiger partial charge in [-0.1, -0.05) is 26.0 Å². The molecule has 0 amide bonds. The molecule has 0 unspecified atom stereocenters. The molecule has 0 bridgehead atoms. The molecule has 3 heteroatoms. The molecule has 3 rings (SSSR count). The number of anilines is 1. The van der Waals surface area contributed by atoms with Crippen LogP contribution in [0.25, 0.3) is 0 Å². The Morgan fingerprint density at radius 1 is 1.05 bits per heavy atom. The van der Waals surface area contributed by atoms with Crippen LogP contribution in [0.1, 0.15) is 32.3 Å². The first kappa shape index (κ1) is 14.9. The Bertz CT molecular complexity index is 428. The van der Waals surface area contributed by atoms with E-state index in [0.29, 0.717) is 0 Å². The van der Waals surface area contributed by atoms with Crippen LogP contribution in [0, 0.1) is 5.92 Å². The minimum atomic E-state index is 0.773. The van der Waals surface area contributed by atoms with E-state index in [1.54, 1.807) is 0 Å². The summed E-state index contributed by atoms with van der Waals surface area (Å²) in [6.45, 7) is 11.6. The van der Waals surface area contributed by atoms with E-state index >= 15 is 0 Å². The molecule has 3 nitrogen and oxygen atoms in total. The second-order valence-electron chi connectivity index (χ2n) is 7.00. The molecule has 116 valence electrons. The van der Waals surface area contributed by atoms with Crippen molar-refractivity contribution in [3.05, 3.63) is 29.8 Å². The summed E-state index contributed by atoms with van der Waals surface area (Å²) in [6, 6.07) is 9.94. The number of rotatable bonds is 6. The largest absolute Gasteiger partial charge is 0.369 e. The highest BCUT2D eigenvalue weighted by atomic mass is 15.3. The van der Waals surface area contributed by atoms with E-state index in [4.69, 9.17) is 0 Å². The van der Waals surface area contributed by atoms with E-state index in [2.05, 4.69) is 53.2 Å². The average Bonchev–Trinajstić information content (AvgIpc) is 3.30. The van der Waals surface area contributed by atoms with Crippen LogP contribution in [0.3, 0.4) is 0 Å². The molecule has 0 atom stereocenters. The van der Waals surface area contributed by atoms with Gasteiger partial charge in [-0.2, -0.15) is 0 Å². The van der Waals surface area contributed by atoms with Gasteiger partial charge in [0.25, 0.3) is 0 Å². The maximum absolute atomic E-state index is 3.58. The Hall–Kier alpha value is -1.06. The van der Waals surface area contributed by atoms with Crippen LogP contribution in [0.4, 0.5) is 5.69 Å². The van der Waals surface area contributed by atoms with Crippen molar-refractivity contribution in [2.24, 2.45) is 5.92 Å². The molecule has 1 aromatic rings. The van der Waals surface area contributed by atoms with E-state index in [1.807, 2.05) is 0 Å². The standard InChI is InChI=1S/C18H29N3/c1-15(2)14-20-9-11-21(12-10-20)18-7-3-16(4-8-18)13-19-17-5-6-17/h3-4,7-8,15,17,19H,5-6,9-14H2,1-2H3. The molecular formula is C18H29N3. The van der Waals surface area contributed by atoms with Gasteiger partial charge < -0.3 is 10.2 Å². The van der Waals surface area contributed by atoms with E-state index in [1.165, 1.54) is 43.7 Å². The van der Waals surface area contributed by atoms with Crippen molar-refractivity contribution < 1.29 is 0 Å². The summed E-state index contributed by atoms with van der Waals surface area (Å²) in [7, 11) is 0. The number of piperazine rings is 1. The van der Waals surface area contributed by atoms with Gasteiger partial charge in [-0.15, -0.1) is 0 Å². The van der Waals surface area contributed by atoms with Gasteiger partial charge >= 0.3 is 0 Å².